The van der Waals surface area contributed by atoms with Crippen LogP contribution in [-0.4, -0.2) is 32.3 Å². The van der Waals surface area contributed by atoms with Crippen molar-refractivity contribution in [3.63, 3.8) is 0 Å². The number of rotatable bonds is 6. The number of benzene rings is 1. The van der Waals surface area contributed by atoms with E-state index in [1.807, 2.05) is 38.1 Å². The van der Waals surface area contributed by atoms with Gasteiger partial charge in [-0.3, -0.25) is 0 Å². The number of ether oxygens (including phenoxy) is 1. The van der Waals surface area contributed by atoms with Gasteiger partial charge in [-0.2, -0.15) is 0 Å². The summed E-state index contributed by atoms with van der Waals surface area (Å²) in [5.74, 6) is 1.17. The number of sulfone groups is 1. The first-order chi connectivity index (χ1) is 10.4. The van der Waals surface area contributed by atoms with E-state index < -0.39 is 9.84 Å². The largest absolute Gasteiger partial charge is 0.489 e. The number of anilines is 1. The summed E-state index contributed by atoms with van der Waals surface area (Å²) in [4.78, 5) is 4.29. The topological polar surface area (TPSA) is 68.3 Å². The first-order valence-corrected chi connectivity index (χ1v) is 8.88. The summed E-state index contributed by atoms with van der Waals surface area (Å²) in [6, 6.07) is 10.9. The monoisotopic (exact) mass is 320 g/mol. The average molecular weight is 320 g/mol. The van der Waals surface area contributed by atoms with E-state index in [4.69, 9.17) is 4.74 Å². The fraction of sp³-hybridized carbons (Fsp3) is 0.312. The van der Waals surface area contributed by atoms with Crippen molar-refractivity contribution in [1.82, 2.24) is 4.98 Å². The number of pyridine rings is 1. The van der Waals surface area contributed by atoms with E-state index >= 15 is 0 Å². The van der Waals surface area contributed by atoms with E-state index in [2.05, 4.69) is 10.3 Å². The molecule has 0 spiro atoms. The molecule has 2 rings (SSSR count). The van der Waals surface area contributed by atoms with Crippen LogP contribution < -0.4 is 10.1 Å². The minimum absolute atomic E-state index is 0.129. The molecule has 1 aromatic carbocycles. The lowest BCUT2D eigenvalue weighted by Crippen LogP contribution is -2.24. The van der Waals surface area contributed by atoms with E-state index in [9.17, 15) is 8.42 Å². The Labute approximate surface area is 131 Å². The van der Waals surface area contributed by atoms with Crippen LogP contribution in [0, 0.1) is 6.92 Å². The minimum Gasteiger partial charge on any atom is -0.489 e. The summed E-state index contributed by atoms with van der Waals surface area (Å²) in [7, 11) is -3.31. The van der Waals surface area contributed by atoms with Crippen molar-refractivity contribution < 1.29 is 13.2 Å². The van der Waals surface area contributed by atoms with Crippen molar-refractivity contribution in [3.8, 4) is 5.75 Å². The molecule has 0 bridgehead atoms. The second kappa shape index (κ2) is 6.79. The first kappa shape index (κ1) is 16.3. The minimum atomic E-state index is -3.31. The van der Waals surface area contributed by atoms with Crippen molar-refractivity contribution in [2.45, 2.75) is 24.8 Å². The van der Waals surface area contributed by atoms with Crippen LogP contribution in [-0.2, 0) is 9.84 Å². The lowest BCUT2D eigenvalue weighted by Gasteiger charge is -2.18. The van der Waals surface area contributed by atoms with Crippen LogP contribution in [0.25, 0.3) is 0 Å². The number of para-hydroxylation sites is 1. The van der Waals surface area contributed by atoms with Gasteiger partial charge in [-0.1, -0.05) is 18.2 Å². The van der Waals surface area contributed by atoms with Crippen molar-refractivity contribution in [2.24, 2.45) is 0 Å². The third-order valence-electron chi connectivity index (χ3n) is 3.15. The fourth-order valence-electron chi connectivity index (χ4n) is 2.01. The molecule has 0 amide bonds. The van der Waals surface area contributed by atoms with E-state index in [-0.39, 0.29) is 11.0 Å². The second-order valence-corrected chi connectivity index (χ2v) is 7.18. The molecule has 1 heterocycles. The van der Waals surface area contributed by atoms with Crippen LogP contribution in [0.3, 0.4) is 0 Å². The summed E-state index contributed by atoms with van der Waals surface area (Å²) in [6.07, 6.45) is 2.60. The molecule has 1 unspecified atom stereocenters. The van der Waals surface area contributed by atoms with Gasteiger partial charge in [-0.05, 0) is 37.6 Å². The van der Waals surface area contributed by atoms with Crippen molar-refractivity contribution >= 4 is 15.7 Å². The molecule has 0 aliphatic heterocycles. The molecule has 0 saturated heterocycles. The summed E-state index contributed by atoms with van der Waals surface area (Å²) < 4.78 is 29.3. The standard InChI is InChI=1S/C16H20N2O3S/c1-12-7-4-5-8-14(12)21-13(2)11-18-16-15(22(3,19)20)9-6-10-17-16/h4-10,13H,11H2,1-3H3,(H,17,18). The SMILES string of the molecule is Cc1ccccc1OC(C)CNc1ncccc1S(C)(=O)=O. The molecule has 1 aromatic heterocycles. The van der Waals surface area contributed by atoms with Gasteiger partial charge in [0.05, 0.1) is 6.54 Å². The van der Waals surface area contributed by atoms with E-state index in [1.165, 1.54) is 12.3 Å². The van der Waals surface area contributed by atoms with Gasteiger partial charge in [0, 0.05) is 12.5 Å². The molecule has 0 radical (unpaired) electrons. The lowest BCUT2D eigenvalue weighted by atomic mass is 10.2. The zero-order chi connectivity index (χ0) is 16.2. The van der Waals surface area contributed by atoms with Gasteiger partial charge in [-0.25, -0.2) is 13.4 Å². The van der Waals surface area contributed by atoms with Crippen LogP contribution >= 0.6 is 0 Å². The Morgan fingerprint density at radius 1 is 1.23 bits per heavy atom. The molecule has 1 N–H and O–H groups in total. The van der Waals surface area contributed by atoms with Crippen molar-refractivity contribution in [1.29, 1.82) is 0 Å². The van der Waals surface area contributed by atoms with Gasteiger partial charge in [0.15, 0.2) is 9.84 Å². The molecule has 2 aromatic rings. The van der Waals surface area contributed by atoms with Crippen LogP contribution in [0.1, 0.15) is 12.5 Å². The lowest BCUT2D eigenvalue weighted by molar-refractivity contribution is 0.233. The predicted molar refractivity (Wildman–Crippen MR) is 87.1 cm³/mol. The van der Waals surface area contributed by atoms with Gasteiger partial charge in [0.1, 0.15) is 22.6 Å². The van der Waals surface area contributed by atoms with Gasteiger partial charge >= 0.3 is 0 Å². The molecule has 6 heteroatoms. The third-order valence-corrected chi connectivity index (χ3v) is 4.28. The Hall–Kier alpha value is -2.08. The summed E-state index contributed by atoms with van der Waals surface area (Å²) in [6.45, 7) is 4.35. The Morgan fingerprint density at radius 2 is 1.95 bits per heavy atom. The van der Waals surface area contributed by atoms with E-state index in [0.29, 0.717) is 12.4 Å². The first-order valence-electron chi connectivity index (χ1n) is 6.99. The maximum atomic E-state index is 11.7. The molecular weight excluding hydrogens is 300 g/mol. The second-order valence-electron chi connectivity index (χ2n) is 5.20. The normalized spacial score (nSPS) is 12.7. The van der Waals surface area contributed by atoms with Crippen LogP contribution in [0.4, 0.5) is 5.82 Å². The molecule has 0 fully saturated rings. The maximum absolute atomic E-state index is 11.7. The van der Waals surface area contributed by atoms with Crippen molar-refractivity contribution in [3.05, 3.63) is 48.2 Å². The van der Waals surface area contributed by atoms with Crippen molar-refractivity contribution in [2.75, 3.05) is 18.1 Å². The molecule has 118 valence electrons. The highest BCUT2D eigenvalue weighted by Crippen LogP contribution is 2.20. The zero-order valence-corrected chi connectivity index (χ0v) is 13.7. The van der Waals surface area contributed by atoms with Crippen LogP contribution in [0.5, 0.6) is 5.75 Å². The highest BCUT2D eigenvalue weighted by atomic mass is 32.2. The smallest absolute Gasteiger partial charge is 0.179 e. The Morgan fingerprint density at radius 3 is 2.64 bits per heavy atom. The predicted octanol–water partition coefficient (Wildman–Crippen LogP) is 2.67. The highest BCUT2D eigenvalue weighted by molar-refractivity contribution is 7.90. The summed E-state index contributed by atoms with van der Waals surface area (Å²) in [5.41, 5.74) is 1.06. The van der Waals surface area contributed by atoms with E-state index in [1.54, 1.807) is 12.3 Å². The number of aromatic nitrogens is 1. The third kappa shape index (κ3) is 4.21. The van der Waals surface area contributed by atoms with Gasteiger partial charge in [0.25, 0.3) is 0 Å². The number of nitrogens with zero attached hydrogens (tertiary/aromatic N) is 1. The average Bonchev–Trinajstić information content (AvgIpc) is 2.47. The molecule has 0 aliphatic carbocycles. The van der Waals surface area contributed by atoms with Gasteiger partial charge in [0.2, 0.25) is 0 Å². The Kier molecular flexibility index (Phi) is 5.03. The zero-order valence-electron chi connectivity index (χ0n) is 12.9. The quantitative estimate of drug-likeness (QED) is 0.886. The molecule has 22 heavy (non-hydrogen) atoms. The Balaban J connectivity index is 2.03. The summed E-state index contributed by atoms with van der Waals surface area (Å²) >= 11 is 0. The number of hydrogen-bond donors (Lipinski definition) is 1. The molecule has 0 saturated carbocycles. The van der Waals surface area contributed by atoms with Crippen LogP contribution in [0.15, 0.2) is 47.5 Å². The fourth-order valence-corrected chi connectivity index (χ4v) is 2.81. The number of hydrogen-bond acceptors (Lipinski definition) is 5. The molecule has 5 nitrogen and oxygen atoms in total. The maximum Gasteiger partial charge on any atom is 0.179 e. The molecule has 0 aliphatic rings. The number of aryl methyl sites for hydroxylation is 1. The highest BCUT2D eigenvalue weighted by Gasteiger charge is 2.14. The molecule has 1 atom stereocenters. The number of nitrogens with one attached hydrogen (secondary N) is 1. The molecular formula is C16H20N2O3S. The Bertz CT molecular complexity index is 745. The van der Waals surface area contributed by atoms with Crippen LogP contribution in [0.2, 0.25) is 0 Å². The summed E-state index contributed by atoms with van der Waals surface area (Å²) in [5, 5.41) is 3.04. The van der Waals surface area contributed by atoms with E-state index in [0.717, 1.165) is 11.3 Å². The van der Waals surface area contributed by atoms with Gasteiger partial charge < -0.3 is 10.1 Å². The van der Waals surface area contributed by atoms with Gasteiger partial charge in [-0.15, -0.1) is 0 Å².